The van der Waals surface area contributed by atoms with Crippen LogP contribution in [0.2, 0.25) is 0 Å². The highest BCUT2D eigenvalue weighted by Crippen LogP contribution is 2.40. The van der Waals surface area contributed by atoms with Gasteiger partial charge in [0.15, 0.2) is 5.11 Å². The minimum Gasteiger partial charge on any atom is -0.492 e. The van der Waals surface area contributed by atoms with E-state index >= 15 is 0 Å². The monoisotopic (exact) mass is 559 g/mol. The van der Waals surface area contributed by atoms with E-state index < -0.39 is 28.7 Å². The van der Waals surface area contributed by atoms with Gasteiger partial charge in [-0.05, 0) is 81.4 Å². The fourth-order valence-corrected chi connectivity index (χ4v) is 5.59. The number of thiocarbonyl (C=S) groups is 1. The Balaban J connectivity index is 1.59. The molecular formula is C28H32F3N5O2S. The summed E-state index contributed by atoms with van der Waals surface area (Å²) < 4.78 is 47.0. The van der Waals surface area contributed by atoms with E-state index in [0.29, 0.717) is 24.8 Å². The molecule has 0 unspecified atom stereocenters. The third-order valence-corrected chi connectivity index (χ3v) is 7.68. The predicted octanol–water partition coefficient (Wildman–Crippen LogP) is 4.73. The lowest BCUT2D eigenvalue weighted by atomic mass is 10.0. The average molecular weight is 560 g/mol. The molecular weight excluding hydrogens is 527 g/mol. The van der Waals surface area contributed by atoms with Crippen molar-refractivity contribution in [3.63, 3.8) is 0 Å². The Morgan fingerprint density at radius 3 is 2.56 bits per heavy atom. The van der Waals surface area contributed by atoms with Crippen molar-refractivity contribution in [1.82, 2.24) is 10.2 Å². The summed E-state index contributed by atoms with van der Waals surface area (Å²) in [7, 11) is 0. The first kappa shape index (κ1) is 28.8. The number of benzene rings is 2. The first-order chi connectivity index (χ1) is 18.4. The molecule has 0 saturated carbocycles. The number of halogens is 3. The summed E-state index contributed by atoms with van der Waals surface area (Å²) in [5.74, 6) is 0.283. The van der Waals surface area contributed by atoms with Crippen molar-refractivity contribution in [1.29, 1.82) is 5.26 Å². The number of carbonyl (C=O) groups excluding carboxylic acids is 1. The Hall–Kier alpha value is -3.20. The van der Waals surface area contributed by atoms with Gasteiger partial charge in [0.25, 0.3) is 5.91 Å². The molecule has 1 atom stereocenters. The smallest absolute Gasteiger partial charge is 0.417 e. The second-order valence-corrected chi connectivity index (χ2v) is 10.6. The Kier molecular flexibility index (Phi) is 8.21. The lowest BCUT2D eigenvalue weighted by Gasteiger charge is -2.33. The third kappa shape index (κ3) is 5.60. The van der Waals surface area contributed by atoms with Crippen LogP contribution >= 0.6 is 12.2 Å². The number of aryl methyl sites for hydroxylation is 1. The summed E-state index contributed by atoms with van der Waals surface area (Å²) >= 11 is 5.66. The topological polar surface area (TPSA) is 71.8 Å². The molecule has 2 aromatic rings. The number of nitriles is 1. The molecule has 2 aromatic carbocycles. The summed E-state index contributed by atoms with van der Waals surface area (Å²) in [5.41, 5.74) is -1.25. The van der Waals surface area contributed by atoms with Crippen LogP contribution in [0.3, 0.4) is 0 Å². The molecule has 2 heterocycles. The zero-order valence-corrected chi connectivity index (χ0v) is 23.2. The van der Waals surface area contributed by atoms with Crippen LogP contribution in [0.4, 0.5) is 24.5 Å². The number of amides is 1. The minimum absolute atomic E-state index is 0.0373. The second kappa shape index (κ2) is 11.1. The normalized spacial score (nSPS) is 19.9. The largest absolute Gasteiger partial charge is 0.492 e. The molecule has 0 spiro atoms. The van der Waals surface area contributed by atoms with Gasteiger partial charge in [0.1, 0.15) is 17.9 Å². The van der Waals surface area contributed by atoms with Gasteiger partial charge in [-0.2, -0.15) is 18.4 Å². The molecule has 11 heteroatoms. The van der Waals surface area contributed by atoms with Crippen LogP contribution in [0.25, 0.3) is 0 Å². The number of hydrogen-bond acceptors (Lipinski definition) is 6. The van der Waals surface area contributed by atoms with E-state index in [0.717, 1.165) is 54.5 Å². The number of alkyl halides is 3. The van der Waals surface area contributed by atoms with Crippen molar-refractivity contribution >= 4 is 34.6 Å². The Bertz CT molecular complexity index is 1310. The van der Waals surface area contributed by atoms with E-state index in [1.807, 2.05) is 25.1 Å². The lowest BCUT2D eigenvalue weighted by Crippen LogP contribution is -2.50. The van der Waals surface area contributed by atoms with Crippen molar-refractivity contribution < 1.29 is 22.7 Å². The molecule has 2 aliphatic heterocycles. The molecule has 0 radical (unpaired) electrons. The van der Waals surface area contributed by atoms with Gasteiger partial charge in [0.05, 0.1) is 22.9 Å². The van der Waals surface area contributed by atoms with Gasteiger partial charge in [-0.3, -0.25) is 14.6 Å². The van der Waals surface area contributed by atoms with Gasteiger partial charge in [0.2, 0.25) is 0 Å². The van der Waals surface area contributed by atoms with E-state index in [2.05, 4.69) is 17.1 Å². The Morgan fingerprint density at radius 1 is 1.21 bits per heavy atom. The standard InChI is InChI=1S/C28H32F3N5O2S/c1-5-19-14-22(8-9-24(19)38-13-12-34-11-10-33-17-18(34)2)36-26(39)35(25(37)27(36,3)4)21-7-6-20(16-32)23(15-21)28(29,30)31/h6-9,14-15,18,33H,5,10-13,17H2,1-4H3/t18-/m1/s1. The zero-order valence-electron chi connectivity index (χ0n) is 22.4. The first-order valence-electron chi connectivity index (χ1n) is 12.9. The van der Waals surface area contributed by atoms with E-state index in [1.54, 1.807) is 24.8 Å². The fraction of sp³-hybridized carbons (Fsp3) is 0.464. The predicted molar refractivity (Wildman–Crippen MR) is 148 cm³/mol. The highest BCUT2D eigenvalue weighted by Gasteiger charge is 2.50. The number of ether oxygens (including phenoxy) is 1. The maximum Gasteiger partial charge on any atom is 0.417 e. The van der Waals surface area contributed by atoms with Crippen LogP contribution < -0.4 is 19.9 Å². The summed E-state index contributed by atoms with van der Waals surface area (Å²) in [5, 5.41) is 12.6. The number of carbonyl (C=O) groups is 1. The molecule has 0 aliphatic carbocycles. The Labute approximate surface area is 232 Å². The van der Waals surface area contributed by atoms with E-state index in [1.165, 1.54) is 6.07 Å². The first-order valence-corrected chi connectivity index (χ1v) is 13.3. The summed E-state index contributed by atoms with van der Waals surface area (Å²) in [6, 6.07) is 10.8. The number of nitrogens with zero attached hydrogens (tertiary/aromatic N) is 4. The molecule has 39 heavy (non-hydrogen) atoms. The van der Waals surface area contributed by atoms with Crippen molar-refractivity contribution in [2.24, 2.45) is 0 Å². The van der Waals surface area contributed by atoms with Gasteiger partial charge in [-0.1, -0.05) is 6.92 Å². The SMILES string of the molecule is CCc1cc(N2C(=S)N(c3ccc(C#N)c(C(F)(F)F)c3)C(=O)C2(C)C)ccc1OCCN1CCNC[C@H]1C. The van der Waals surface area contributed by atoms with Gasteiger partial charge < -0.3 is 15.0 Å². The number of anilines is 2. The van der Waals surface area contributed by atoms with E-state index in [-0.39, 0.29) is 10.8 Å². The highest BCUT2D eigenvalue weighted by atomic mass is 32.1. The van der Waals surface area contributed by atoms with Gasteiger partial charge >= 0.3 is 6.18 Å². The van der Waals surface area contributed by atoms with Crippen molar-refractivity contribution in [2.75, 3.05) is 42.6 Å². The van der Waals surface area contributed by atoms with E-state index in [4.69, 9.17) is 22.2 Å². The van der Waals surface area contributed by atoms with Gasteiger partial charge in [0, 0.05) is 37.9 Å². The molecule has 1 N–H and O–H groups in total. The molecule has 4 rings (SSSR count). The number of nitrogens with one attached hydrogen (secondary N) is 1. The molecule has 2 fully saturated rings. The zero-order chi connectivity index (χ0) is 28.5. The molecule has 0 aromatic heterocycles. The van der Waals surface area contributed by atoms with Crippen LogP contribution in [-0.4, -0.2) is 60.3 Å². The molecule has 2 saturated heterocycles. The third-order valence-electron chi connectivity index (χ3n) is 7.31. The number of hydrogen-bond donors (Lipinski definition) is 1. The van der Waals surface area contributed by atoms with Crippen LogP contribution in [0.15, 0.2) is 36.4 Å². The fourth-order valence-electron chi connectivity index (χ4n) is 5.07. The second-order valence-electron chi connectivity index (χ2n) is 10.2. The maximum absolute atomic E-state index is 13.6. The van der Waals surface area contributed by atoms with Crippen molar-refractivity contribution in [2.45, 2.75) is 51.9 Å². The molecule has 2 aliphatic rings. The number of rotatable bonds is 7. The Morgan fingerprint density at radius 2 is 1.92 bits per heavy atom. The molecule has 208 valence electrons. The number of piperazine rings is 1. The summed E-state index contributed by atoms with van der Waals surface area (Å²) in [4.78, 5) is 18.6. The quantitative estimate of drug-likeness (QED) is 0.492. The van der Waals surface area contributed by atoms with Crippen molar-refractivity contribution in [3.8, 4) is 11.8 Å². The van der Waals surface area contributed by atoms with Crippen LogP contribution in [0, 0.1) is 11.3 Å². The highest BCUT2D eigenvalue weighted by molar-refractivity contribution is 7.81. The van der Waals surface area contributed by atoms with Crippen LogP contribution in [0.1, 0.15) is 44.4 Å². The van der Waals surface area contributed by atoms with Crippen LogP contribution in [0.5, 0.6) is 5.75 Å². The van der Waals surface area contributed by atoms with Gasteiger partial charge in [-0.15, -0.1) is 0 Å². The molecule has 7 nitrogen and oxygen atoms in total. The maximum atomic E-state index is 13.6. The van der Waals surface area contributed by atoms with E-state index in [9.17, 15) is 18.0 Å². The van der Waals surface area contributed by atoms with Crippen LogP contribution in [-0.2, 0) is 17.4 Å². The molecule has 1 amide bonds. The average Bonchev–Trinajstić information content (AvgIpc) is 3.07. The minimum atomic E-state index is -4.75. The summed E-state index contributed by atoms with van der Waals surface area (Å²) in [6.07, 6.45) is -4.08. The summed E-state index contributed by atoms with van der Waals surface area (Å²) in [6.45, 7) is 11.8. The van der Waals surface area contributed by atoms with Gasteiger partial charge in [-0.25, -0.2) is 0 Å². The van der Waals surface area contributed by atoms with Crippen molar-refractivity contribution in [3.05, 3.63) is 53.1 Å². The lowest BCUT2D eigenvalue weighted by molar-refractivity contribution is -0.137. The molecule has 0 bridgehead atoms.